The molecule has 3 aromatic rings. The van der Waals surface area contributed by atoms with E-state index >= 15 is 0 Å². The molecule has 0 bridgehead atoms. The third-order valence-electron chi connectivity index (χ3n) is 7.86. The molecule has 2 fully saturated rings. The number of hydrogen-bond donors (Lipinski definition) is 3. The molecule has 1 aliphatic carbocycles. The fraction of sp³-hybridized carbons (Fsp3) is 0.375. The summed E-state index contributed by atoms with van der Waals surface area (Å²) >= 11 is 1.38. The molecule has 2 aliphatic rings. The molecule has 1 aliphatic heterocycles. The van der Waals surface area contributed by atoms with Crippen LogP contribution in [0.1, 0.15) is 70.3 Å². The molecule has 0 spiro atoms. The van der Waals surface area contributed by atoms with E-state index < -0.39 is 17.9 Å². The number of carbonyl (C=O) groups excluding carboxylic acids is 3. The number of amides is 3. The van der Waals surface area contributed by atoms with Crippen molar-refractivity contribution in [3.8, 4) is 0 Å². The SMILES string of the molecule is Cc1cccc(C(=O)Nc2cc(C(=O)NC(CC(=O)O)c3cccs3)ccc2N2CC(C)N(C(=O)C3CC3)CC2C)c1. The maximum absolute atomic E-state index is 13.4. The van der Waals surface area contributed by atoms with Crippen molar-refractivity contribution in [2.45, 2.75) is 58.2 Å². The fourth-order valence-corrected chi connectivity index (χ4v) is 6.25. The number of nitrogens with one attached hydrogen (secondary N) is 2. The molecule has 1 aromatic heterocycles. The van der Waals surface area contributed by atoms with Crippen LogP contribution in [-0.4, -0.2) is 58.9 Å². The van der Waals surface area contributed by atoms with Gasteiger partial charge in [-0.3, -0.25) is 19.2 Å². The van der Waals surface area contributed by atoms with Crippen LogP contribution >= 0.6 is 11.3 Å². The van der Waals surface area contributed by atoms with E-state index in [0.29, 0.717) is 29.9 Å². The molecular weight excluding hydrogens is 552 g/mol. The van der Waals surface area contributed by atoms with Gasteiger partial charge in [0.2, 0.25) is 5.91 Å². The predicted octanol–water partition coefficient (Wildman–Crippen LogP) is 5.09. The Balaban J connectivity index is 1.44. The van der Waals surface area contributed by atoms with Gasteiger partial charge in [0.25, 0.3) is 11.8 Å². The van der Waals surface area contributed by atoms with Crippen molar-refractivity contribution in [1.82, 2.24) is 10.2 Å². The molecule has 3 unspecified atom stereocenters. The van der Waals surface area contributed by atoms with E-state index in [1.54, 1.807) is 30.3 Å². The molecule has 220 valence electrons. The molecule has 42 heavy (non-hydrogen) atoms. The molecular formula is C32H36N4O5S. The third-order valence-corrected chi connectivity index (χ3v) is 8.85. The van der Waals surface area contributed by atoms with Crippen molar-refractivity contribution < 1.29 is 24.3 Å². The Morgan fingerprint density at radius 1 is 0.952 bits per heavy atom. The Bertz CT molecular complexity index is 1490. The lowest BCUT2D eigenvalue weighted by atomic mass is 10.0. The highest BCUT2D eigenvalue weighted by atomic mass is 32.1. The van der Waals surface area contributed by atoms with Gasteiger partial charge >= 0.3 is 5.97 Å². The van der Waals surface area contributed by atoms with Crippen LogP contribution in [0.4, 0.5) is 11.4 Å². The highest BCUT2D eigenvalue weighted by molar-refractivity contribution is 7.10. The minimum atomic E-state index is -1.02. The maximum Gasteiger partial charge on any atom is 0.305 e. The molecule has 3 atom stereocenters. The molecule has 0 radical (unpaired) electrons. The maximum atomic E-state index is 13.4. The second-order valence-electron chi connectivity index (χ2n) is 11.3. The van der Waals surface area contributed by atoms with E-state index in [2.05, 4.69) is 22.5 Å². The number of hydrogen-bond acceptors (Lipinski definition) is 6. The van der Waals surface area contributed by atoms with Gasteiger partial charge < -0.3 is 25.5 Å². The Kier molecular flexibility index (Phi) is 8.63. The van der Waals surface area contributed by atoms with Crippen LogP contribution in [0, 0.1) is 12.8 Å². The normalized spacial score (nSPS) is 19.2. The quantitative estimate of drug-likeness (QED) is 0.321. The number of aliphatic carboxylic acids is 1. The second kappa shape index (κ2) is 12.4. The van der Waals surface area contributed by atoms with Crippen molar-refractivity contribution in [2.24, 2.45) is 5.92 Å². The summed E-state index contributed by atoms with van der Waals surface area (Å²) in [6, 6.07) is 15.3. The second-order valence-corrected chi connectivity index (χ2v) is 12.3. The average molecular weight is 589 g/mol. The first-order valence-corrected chi connectivity index (χ1v) is 15.1. The van der Waals surface area contributed by atoms with Crippen LogP contribution in [0.3, 0.4) is 0 Å². The van der Waals surface area contributed by atoms with Gasteiger partial charge in [0.1, 0.15) is 0 Å². The number of carboxylic acid groups (broad SMARTS) is 1. The molecule has 9 nitrogen and oxygen atoms in total. The van der Waals surface area contributed by atoms with Gasteiger partial charge in [-0.05, 0) is 75.4 Å². The number of nitrogens with zero attached hydrogens (tertiary/aromatic N) is 2. The minimum absolute atomic E-state index is 0.0137. The first-order chi connectivity index (χ1) is 20.1. The van der Waals surface area contributed by atoms with E-state index in [1.807, 2.05) is 48.4 Å². The van der Waals surface area contributed by atoms with Crippen LogP contribution in [0.2, 0.25) is 0 Å². The number of aryl methyl sites for hydroxylation is 1. The van der Waals surface area contributed by atoms with Gasteiger partial charge in [0.15, 0.2) is 0 Å². The van der Waals surface area contributed by atoms with Crippen molar-refractivity contribution >= 4 is 46.4 Å². The molecule has 3 N–H and O–H groups in total. The highest BCUT2D eigenvalue weighted by Gasteiger charge is 2.39. The Morgan fingerprint density at radius 2 is 1.71 bits per heavy atom. The van der Waals surface area contributed by atoms with E-state index in [-0.39, 0.29) is 36.2 Å². The molecule has 2 heterocycles. The summed E-state index contributed by atoms with van der Waals surface area (Å²) in [7, 11) is 0. The van der Waals surface area contributed by atoms with Gasteiger partial charge in [0.05, 0.1) is 23.8 Å². The number of carboxylic acids is 1. The van der Waals surface area contributed by atoms with Crippen LogP contribution in [0.15, 0.2) is 60.0 Å². The Hall–Kier alpha value is -4.18. The standard InChI is InChI=1S/C32H36N4O5S/c1-19-6-4-7-23(14-19)30(39)33-25-15-24(31(40)34-26(16-29(37)38)28-8-5-13-42-28)11-12-27(25)35-17-21(3)36(18-20(35)2)32(41)22-9-10-22/h4-8,11-15,20-22,26H,9-10,16-18H2,1-3H3,(H,33,39)(H,34,40)(H,37,38). The first kappa shape index (κ1) is 29.3. The molecule has 2 aromatic carbocycles. The molecule has 1 saturated heterocycles. The third kappa shape index (κ3) is 6.65. The van der Waals surface area contributed by atoms with Gasteiger partial charge in [-0.1, -0.05) is 23.8 Å². The number of carbonyl (C=O) groups is 4. The molecule has 5 rings (SSSR count). The van der Waals surface area contributed by atoms with E-state index in [9.17, 15) is 24.3 Å². The number of rotatable bonds is 9. The van der Waals surface area contributed by atoms with Gasteiger partial charge in [-0.25, -0.2) is 0 Å². The van der Waals surface area contributed by atoms with Gasteiger partial charge in [-0.15, -0.1) is 11.3 Å². The Labute approximate surface area is 249 Å². The molecule has 1 saturated carbocycles. The summed E-state index contributed by atoms with van der Waals surface area (Å²) in [5, 5.41) is 17.1. The van der Waals surface area contributed by atoms with Crippen LogP contribution < -0.4 is 15.5 Å². The molecule has 10 heteroatoms. The average Bonchev–Trinajstić information content (AvgIpc) is 3.66. The lowest BCUT2D eigenvalue weighted by Crippen LogP contribution is -2.58. The zero-order valence-electron chi connectivity index (χ0n) is 24.0. The first-order valence-electron chi connectivity index (χ1n) is 14.3. The van der Waals surface area contributed by atoms with Crippen LogP contribution in [0.25, 0.3) is 0 Å². The zero-order chi connectivity index (χ0) is 30.0. The number of anilines is 2. The number of thiophene rings is 1. The van der Waals surface area contributed by atoms with Crippen molar-refractivity contribution in [1.29, 1.82) is 0 Å². The van der Waals surface area contributed by atoms with Crippen molar-refractivity contribution in [3.05, 3.63) is 81.5 Å². The predicted molar refractivity (Wildman–Crippen MR) is 163 cm³/mol. The number of piperazine rings is 1. The van der Waals surface area contributed by atoms with E-state index in [4.69, 9.17) is 0 Å². The lowest BCUT2D eigenvalue weighted by Gasteiger charge is -2.46. The lowest BCUT2D eigenvalue weighted by molar-refractivity contribution is -0.137. The largest absolute Gasteiger partial charge is 0.481 e. The van der Waals surface area contributed by atoms with Gasteiger partial charge in [-0.2, -0.15) is 0 Å². The summed E-state index contributed by atoms with van der Waals surface area (Å²) in [6.07, 6.45) is 1.66. The van der Waals surface area contributed by atoms with Crippen molar-refractivity contribution in [2.75, 3.05) is 23.3 Å². The van der Waals surface area contributed by atoms with Gasteiger partial charge in [0, 0.05) is 47.1 Å². The highest BCUT2D eigenvalue weighted by Crippen LogP contribution is 2.36. The fourth-order valence-electron chi connectivity index (χ4n) is 5.47. The zero-order valence-corrected chi connectivity index (χ0v) is 24.8. The monoisotopic (exact) mass is 588 g/mol. The minimum Gasteiger partial charge on any atom is -0.481 e. The Morgan fingerprint density at radius 3 is 2.38 bits per heavy atom. The van der Waals surface area contributed by atoms with E-state index in [1.165, 1.54) is 11.3 Å². The topological polar surface area (TPSA) is 119 Å². The summed E-state index contributed by atoms with van der Waals surface area (Å²) in [5.74, 6) is -1.39. The molecule has 3 amide bonds. The smallest absolute Gasteiger partial charge is 0.305 e. The van der Waals surface area contributed by atoms with Crippen molar-refractivity contribution in [3.63, 3.8) is 0 Å². The summed E-state index contributed by atoms with van der Waals surface area (Å²) in [5.41, 5.74) is 2.98. The summed E-state index contributed by atoms with van der Waals surface area (Å²) in [6.45, 7) is 7.17. The van der Waals surface area contributed by atoms with Crippen LogP contribution in [0.5, 0.6) is 0 Å². The number of benzene rings is 2. The van der Waals surface area contributed by atoms with Crippen LogP contribution in [-0.2, 0) is 9.59 Å². The summed E-state index contributed by atoms with van der Waals surface area (Å²) < 4.78 is 0. The summed E-state index contributed by atoms with van der Waals surface area (Å²) in [4.78, 5) is 56.1. The van der Waals surface area contributed by atoms with E-state index in [0.717, 1.165) is 29.0 Å².